The first-order chi connectivity index (χ1) is 56.0. The van der Waals surface area contributed by atoms with Gasteiger partial charge in [-0.25, -0.2) is 0 Å². The van der Waals surface area contributed by atoms with Gasteiger partial charge in [-0.3, -0.25) is 0 Å². The maximum atomic E-state index is 5.96. The number of aryl methyl sites for hydroxylation is 4. The van der Waals surface area contributed by atoms with Gasteiger partial charge in [-0.1, -0.05) is 277 Å². The molecule has 2 aliphatic carbocycles. The molecule has 0 saturated heterocycles. The molecule has 0 bridgehead atoms. The summed E-state index contributed by atoms with van der Waals surface area (Å²) >= 11 is 0. The van der Waals surface area contributed by atoms with E-state index in [-0.39, 0.29) is 0 Å². The minimum absolute atomic E-state index is 0.814. The van der Waals surface area contributed by atoms with Gasteiger partial charge < -0.3 is 18.9 Å². The SMILES string of the molecule is COc1ccc(-c2c3c(c(-c4ccc(OC)cc4)c4c(-c5cccc(C)c5)ccc(-c5cccc(C)c5)c24)-c2ccc4c5c2c-3ccc5c2ccc3c5ccc6c7c(ccc(c75)c5c7ccccc7c4c2c35)-c2c-6c(-c3ccc(OC)cc3)c3c(-c4cccc(C)c4)ccc(-c4cccc(C)c4)c3c2-c2ccc(OC)cc2)cc1. The Kier molecular flexibility index (Phi) is 14.3. The van der Waals surface area contributed by atoms with Gasteiger partial charge in [0.25, 0.3) is 0 Å². The molecule has 0 spiro atoms. The van der Waals surface area contributed by atoms with Crippen LogP contribution in [0.4, 0.5) is 0 Å². The molecule has 0 atom stereocenters. The van der Waals surface area contributed by atoms with Gasteiger partial charge in [0.05, 0.1) is 28.4 Å². The molecule has 4 heteroatoms. The summed E-state index contributed by atoms with van der Waals surface area (Å²) in [4.78, 5) is 0. The number of rotatable bonds is 12. The molecular weight excluding hydrogens is 1390 g/mol. The van der Waals surface area contributed by atoms with Crippen LogP contribution < -0.4 is 18.9 Å². The second-order valence-corrected chi connectivity index (χ2v) is 31.6. The van der Waals surface area contributed by atoms with Crippen molar-refractivity contribution in [2.45, 2.75) is 27.7 Å². The van der Waals surface area contributed by atoms with Gasteiger partial charge in [0.2, 0.25) is 0 Å². The minimum atomic E-state index is 0.814. The molecule has 2 aliphatic rings. The molecule has 0 fully saturated rings. The van der Waals surface area contributed by atoms with E-state index in [0.29, 0.717) is 0 Å². The topological polar surface area (TPSA) is 36.9 Å². The summed E-state index contributed by atoms with van der Waals surface area (Å²) in [6, 6.07) is 115. The van der Waals surface area contributed by atoms with Crippen molar-refractivity contribution < 1.29 is 18.9 Å². The predicted molar refractivity (Wildman–Crippen MR) is 481 cm³/mol. The Hall–Kier alpha value is -14.1. The molecule has 0 heterocycles. The van der Waals surface area contributed by atoms with Crippen molar-refractivity contribution in [3.63, 3.8) is 0 Å². The molecule has 0 aromatic heterocycles. The summed E-state index contributed by atoms with van der Waals surface area (Å²) in [6.07, 6.45) is 0. The molecule has 538 valence electrons. The maximum absolute atomic E-state index is 5.96. The van der Waals surface area contributed by atoms with E-state index in [0.717, 1.165) is 45.3 Å². The fourth-order valence-electron chi connectivity index (χ4n) is 20.7. The van der Waals surface area contributed by atoms with E-state index in [1.54, 1.807) is 28.4 Å². The van der Waals surface area contributed by atoms with Gasteiger partial charge in [-0.15, -0.1) is 0 Å². The Balaban J connectivity index is 0.848. The zero-order chi connectivity index (χ0) is 76.2. The van der Waals surface area contributed by atoms with Crippen LogP contribution in [0.5, 0.6) is 23.0 Å². The fourth-order valence-corrected chi connectivity index (χ4v) is 20.7. The highest BCUT2D eigenvalue weighted by Gasteiger charge is 2.38. The average molecular weight is 1460 g/mol. The van der Waals surface area contributed by atoms with Gasteiger partial charge >= 0.3 is 0 Å². The lowest BCUT2D eigenvalue weighted by atomic mass is 9.78. The molecule has 21 aromatic rings. The van der Waals surface area contributed by atoms with E-state index in [4.69, 9.17) is 18.9 Å². The third kappa shape index (κ3) is 9.22. The quantitative estimate of drug-likeness (QED) is 0.0902. The molecule has 21 aromatic carbocycles. The second-order valence-electron chi connectivity index (χ2n) is 31.6. The Morgan fingerprint density at radius 2 is 0.368 bits per heavy atom. The molecule has 114 heavy (non-hydrogen) atoms. The normalized spacial score (nSPS) is 12.2. The summed E-state index contributed by atoms with van der Waals surface area (Å²) in [5, 5.41) is 25.1. The van der Waals surface area contributed by atoms with E-state index in [9.17, 15) is 0 Å². The predicted octanol–water partition coefficient (Wildman–Crippen LogP) is 30.0. The highest BCUT2D eigenvalue weighted by Crippen LogP contribution is 2.66. The molecule has 0 radical (unpaired) electrons. The van der Waals surface area contributed by atoms with Crippen LogP contribution in [0.25, 0.3) is 241 Å². The lowest BCUT2D eigenvalue weighted by Crippen LogP contribution is -1.98. The Bertz CT molecular complexity index is 6990. The van der Waals surface area contributed by atoms with E-state index in [1.807, 2.05) is 0 Å². The maximum Gasteiger partial charge on any atom is 0.118 e. The summed E-state index contributed by atoms with van der Waals surface area (Å²) in [5.74, 6) is 3.26. The van der Waals surface area contributed by atoms with Crippen LogP contribution in [0.3, 0.4) is 0 Å². The fraction of sp³-hybridized carbons (Fsp3) is 0.0727. The van der Waals surface area contributed by atoms with Crippen LogP contribution in [0.2, 0.25) is 0 Å². The highest BCUT2D eigenvalue weighted by molar-refractivity contribution is 6.51. The standard InChI is InChI=1S/C110H74O4/c1-59-15-11-19-67(55-59)75-41-43-77(69-21-13-17-61(3)57-69)103-93(65-29-37-73(113-7)38-30-65)109-89-53-51-85-95-81(47-49-87(99(89)95)107(109)91(101(75)103)63-25-33-71(111-5)34-26-63)83-45-46-84-82-48-50-88-100-90(54-52-86(96(82)100)98-80-24-10-9-23-79(80)97(85)105(83)106(84)98)110-94(66-31-39-74(114-8)40-32-66)104-78(70-22-14-18-62(4)58-70)44-42-76(68-20-12-16-60(2)56-68)102(104)92(108(88)110)64-27-35-72(112-6)36-28-64/h9-58H,1-8H3. The van der Waals surface area contributed by atoms with E-state index >= 15 is 0 Å². The van der Waals surface area contributed by atoms with Gasteiger partial charge in [-0.05, 0) is 317 Å². The van der Waals surface area contributed by atoms with Crippen LogP contribution in [0, 0.1) is 27.7 Å². The van der Waals surface area contributed by atoms with Crippen molar-refractivity contribution in [2.24, 2.45) is 0 Å². The molecule has 0 aliphatic heterocycles. The molecular formula is C110H74O4. The van der Waals surface area contributed by atoms with Crippen molar-refractivity contribution in [1.82, 2.24) is 0 Å². The second kappa shape index (κ2) is 24.7. The van der Waals surface area contributed by atoms with Crippen molar-refractivity contribution >= 4 is 108 Å². The Labute approximate surface area is 660 Å². The Morgan fingerprint density at radius 3 is 0.623 bits per heavy atom. The first-order valence-electron chi connectivity index (χ1n) is 39.5. The van der Waals surface area contributed by atoms with Gasteiger partial charge in [0.15, 0.2) is 0 Å². The third-order valence-electron chi connectivity index (χ3n) is 25.4. The van der Waals surface area contributed by atoms with Crippen LogP contribution in [0.15, 0.2) is 303 Å². The number of fused-ring (bicyclic) bond motifs is 15. The third-order valence-corrected chi connectivity index (χ3v) is 25.4. The lowest BCUT2D eigenvalue weighted by molar-refractivity contribution is 0.415. The van der Waals surface area contributed by atoms with Crippen LogP contribution in [-0.2, 0) is 0 Å². The first kappa shape index (κ1) is 65.8. The number of benzene rings is 21. The van der Waals surface area contributed by atoms with Gasteiger partial charge in [0.1, 0.15) is 23.0 Å². The first-order valence-corrected chi connectivity index (χ1v) is 39.5. The number of ether oxygens (including phenoxy) is 4. The zero-order valence-corrected chi connectivity index (χ0v) is 64.5. The smallest absolute Gasteiger partial charge is 0.118 e. The molecule has 0 amide bonds. The molecule has 23 rings (SSSR count). The zero-order valence-electron chi connectivity index (χ0n) is 64.5. The van der Waals surface area contributed by atoms with Crippen LogP contribution in [-0.4, -0.2) is 28.4 Å². The lowest BCUT2D eigenvalue weighted by Gasteiger charge is -2.25. The number of hydrogen-bond acceptors (Lipinski definition) is 4. The highest BCUT2D eigenvalue weighted by atomic mass is 16.5. The molecule has 0 saturated carbocycles. The van der Waals surface area contributed by atoms with Gasteiger partial charge in [0, 0.05) is 0 Å². The summed E-state index contributed by atoms with van der Waals surface area (Å²) in [6.45, 7) is 8.82. The van der Waals surface area contributed by atoms with Crippen LogP contribution >= 0.6 is 0 Å². The summed E-state index contributed by atoms with van der Waals surface area (Å²) < 4.78 is 23.8. The van der Waals surface area contributed by atoms with Crippen molar-refractivity contribution in [2.75, 3.05) is 28.4 Å². The van der Waals surface area contributed by atoms with E-state index < -0.39 is 0 Å². The van der Waals surface area contributed by atoms with E-state index in [2.05, 4.69) is 331 Å². The van der Waals surface area contributed by atoms with Crippen molar-refractivity contribution in [3.8, 4) is 157 Å². The molecule has 0 unspecified atom stereocenters. The summed E-state index contributed by atoms with van der Waals surface area (Å²) in [7, 11) is 7.03. The van der Waals surface area contributed by atoms with Crippen molar-refractivity contribution in [3.05, 3.63) is 326 Å². The molecule has 4 nitrogen and oxygen atoms in total. The Morgan fingerprint density at radius 1 is 0.149 bits per heavy atom. The number of hydrogen-bond donors (Lipinski definition) is 0. The minimum Gasteiger partial charge on any atom is -0.497 e. The molecule has 0 N–H and O–H groups in total. The monoisotopic (exact) mass is 1460 g/mol. The summed E-state index contributed by atoms with van der Waals surface area (Å²) in [5.41, 5.74) is 33.4. The van der Waals surface area contributed by atoms with Crippen molar-refractivity contribution in [1.29, 1.82) is 0 Å². The van der Waals surface area contributed by atoms with Crippen LogP contribution in [0.1, 0.15) is 22.3 Å². The number of methoxy groups -OCH3 is 4. The van der Waals surface area contributed by atoms with Gasteiger partial charge in [-0.2, -0.15) is 0 Å². The largest absolute Gasteiger partial charge is 0.497 e. The van der Waals surface area contributed by atoms with E-state index in [1.165, 1.54) is 241 Å². The average Bonchev–Trinajstić information content (AvgIpc) is 1.36.